The molecule has 2 amide bonds. The van der Waals surface area contributed by atoms with Crippen molar-refractivity contribution >= 4 is 29.2 Å². The second kappa shape index (κ2) is 25.3. The maximum absolute atomic E-state index is 14.4. The molecule has 3 rings (SSSR count). The number of nitrogens with two attached hydrogens (primary N) is 2. The summed E-state index contributed by atoms with van der Waals surface area (Å²) in [5.41, 5.74) is 14.2. The van der Waals surface area contributed by atoms with Gasteiger partial charge in [0.2, 0.25) is 11.8 Å². The number of amides is 2. The molecule has 4 bridgehead atoms. The fourth-order valence-corrected chi connectivity index (χ4v) is 7.59. The van der Waals surface area contributed by atoms with E-state index in [9.17, 15) is 24.0 Å². The van der Waals surface area contributed by atoms with Gasteiger partial charge in [0.25, 0.3) is 0 Å². The van der Waals surface area contributed by atoms with E-state index >= 15 is 0 Å². The number of fused-ring (bicyclic) bond motifs is 5. The van der Waals surface area contributed by atoms with Gasteiger partial charge in [-0.1, -0.05) is 97.1 Å². The lowest BCUT2D eigenvalue weighted by Crippen LogP contribution is -2.45. The number of rotatable bonds is 24. The first kappa shape index (κ1) is 47.3. The normalized spacial score (nSPS) is 17.6. The van der Waals surface area contributed by atoms with Crippen LogP contribution in [0.3, 0.4) is 0 Å². The van der Waals surface area contributed by atoms with Crippen LogP contribution >= 0.6 is 0 Å². The monoisotopic (exact) mass is 791 g/mol. The third-order valence-corrected chi connectivity index (χ3v) is 11.0. The second-order valence-electron chi connectivity index (χ2n) is 15.8. The number of carbonyl (C=O) groups excluding carboxylic acids is 5. The molecule has 2 aromatic rings. The molecular weight excluding hydrogens is 721 g/mol. The molecule has 0 fully saturated rings. The zero-order chi connectivity index (χ0) is 41.7. The summed E-state index contributed by atoms with van der Waals surface area (Å²) in [6.45, 7) is 8.21. The van der Waals surface area contributed by atoms with Crippen molar-refractivity contribution in [3.8, 4) is 22.6 Å². The molecule has 1 aliphatic heterocycles. The quantitative estimate of drug-likeness (QED) is 0.0915. The second-order valence-corrected chi connectivity index (χ2v) is 15.8. The predicted molar refractivity (Wildman–Crippen MR) is 226 cm³/mol. The van der Waals surface area contributed by atoms with Gasteiger partial charge in [-0.3, -0.25) is 24.0 Å². The Labute approximate surface area is 341 Å². The van der Waals surface area contributed by atoms with Crippen LogP contribution < -0.4 is 26.3 Å². The summed E-state index contributed by atoms with van der Waals surface area (Å²) in [6, 6.07) is 8.97. The Kier molecular flexibility index (Phi) is 21.0. The first-order chi connectivity index (χ1) is 27.4. The van der Waals surface area contributed by atoms with Crippen molar-refractivity contribution in [2.45, 2.75) is 143 Å². The fourth-order valence-electron chi connectivity index (χ4n) is 7.59. The average molecular weight is 791 g/mol. The maximum Gasteiger partial charge on any atom is 0.226 e. The third-order valence-electron chi connectivity index (χ3n) is 11.0. The molecule has 57 heavy (non-hydrogen) atoms. The lowest BCUT2D eigenvalue weighted by molar-refractivity contribution is -0.143. The number of hydrogen-bond acceptors (Lipinski definition) is 9. The molecule has 5 N–H and O–H groups in total. The first-order valence-corrected chi connectivity index (χ1v) is 21.5. The lowest BCUT2D eigenvalue weighted by Gasteiger charge is -2.32. The van der Waals surface area contributed by atoms with Crippen LogP contribution in [0.25, 0.3) is 11.1 Å². The van der Waals surface area contributed by atoms with Crippen LogP contribution in [0.4, 0.5) is 0 Å². The van der Waals surface area contributed by atoms with Crippen molar-refractivity contribution in [1.82, 2.24) is 10.2 Å². The van der Waals surface area contributed by atoms with Gasteiger partial charge in [0.15, 0.2) is 11.6 Å². The number of ether oxygens (including phenoxy) is 2. The Morgan fingerprint density at radius 2 is 1.37 bits per heavy atom. The number of nitrogens with zero attached hydrogens (tertiary/aromatic N) is 1. The van der Waals surface area contributed by atoms with Crippen LogP contribution in [-0.2, 0) is 30.4 Å². The molecule has 1 heterocycles. The van der Waals surface area contributed by atoms with E-state index in [2.05, 4.69) is 12.2 Å². The van der Waals surface area contributed by atoms with Gasteiger partial charge in [-0.15, -0.1) is 0 Å². The highest BCUT2D eigenvalue weighted by Crippen LogP contribution is 2.41. The van der Waals surface area contributed by atoms with Crippen LogP contribution in [0.15, 0.2) is 36.4 Å². The summed E-state index contributed by atoms with van der Waals surface area (Å²) in [7, 11) is 1.59. The number of unbranched alkanes of at least 4 members (excludes halogenated alkanes) is 10. The van der Waals surface area contributed by atoms with Gasteiger partial charge >= 0.3 is 0 Å². The van der Waals surface area contributed by atoms with E-state index in [1.807, 2.05) is 25.1 Å². The Bertz CT molecular complexity index is 1610. The Morgan fingerprint density at radius 1 is 0.807 bits per heavy atom. The molecule has 1 aliphatic rings. The average Bonchev–Trinajstić information content (AvgIpc) is 3.19. The molecule has 0 radical (unpaired) electrons. The summed E-state index contributed by atoms with van der Waals surface area (Å²) >= 11 is 0. The Balaban J connectivity index is 1.92. The number of hydrogen-bond donors (Lipinski definition) is 3. The van der Waals surface area contributed by atoms with Crippen LogP contribution in [0.2, 0.25) is 0 Å². The molecule has 316 valence electrons. The van der Waals surface area contributed by atoms with E-state index in [-0.39, 0.29) is 68.8 Å². The lowest BCUT2D eigenvalue weighted by atomic mass is 9.88. The summed E-state index contributed by atoms with van der Waals surface area (Å²) in [4.78, 5) is 69.6. The van der Waals surface area contributed by atoms with Crippen molar-refractivity contribution in [2.75, 3.05) is 33.4 Å². The molecule has 2 aromatic carbocycles. The maximum atomic E-state index is 14.4. The molecule has 0 saturated heterocycles. The fraction of sp³-hybridized carbons (Fsp3) is 0.630. The summed E-state index contributed by atoms with van der Waals surface area (Å²) in [6.07, 6.45) is 14.2. The number of likely N-dealkylation sites (N-methyl/N-ethyl adjacent to an activating group) is 1. The van der Waals surface area contributed by atoms with Crippen molar-refractivity contribution in [3.63, 3.8) is 0 Å². The van der Waals surface area contributed by atoms with Crippen molar-refractivity contribution in [2.24, 2.45) is 23.3 Å². The molecule has 11 nitrogen and oxygen atoms in total. The van der Waals surface area contributed by atoms with Crippen molar-refractivity contribution < 1.29 is 33.4 Å². The van der Waals surface area contributed by atoms with Gasteiger partial charge in [-0.2, -0.15) is 0 Å². The van der Waals surface area contributed by atoms with E-state index in [1.54, 1.807) is 32.2 Å². The minimum Gasteiger partial charge on any atom is -0.492 e. The van der Waals surface area contributed by atoms with E-state index in [0.29, 0.717) is 41.0 Å². The topological polar surface area (TPSA) is 171 Å². The highest BCUT2D eigenvalue weighted by Gasteiger charge is 2.35. The largest absolute Gasteiger partial charge is 0.492 e. The Hall–Kier alpha value is -4.09. The van der Waals surface area contributed by atoms with E-state index in [0.717, 1.165) is 24.8 Å². The van der Waals surface area contributed by atoms with Crippen molar-refractivity contribution in [3.05, 3.63) is 47.5 Å². The van der Waals surface area contributed by atoms with E-state index in [1.165, 1.54) is 63.2 Å². The molecule has 4 atom stereocenters. The SMILES string of the molecule is CCCCCCCCCCCCCC(=O)C[C@@H](CC)C(=O)N(C)[C@@H]1C(=O)C[C@@H](C)C(=O)N[C@H](C(C)=O)Cc2ccc(OCCN)c(c2)-c2cc1ccc2OCCN. The standard InChI is InChI=1S/C46H70N4O7/c1-6-8-9-10-11-12-13-14-15-16-17-18-37(52)30-35(7-2)46(55)50(5)44-36-20-22-43(57-26-24-48)39(31-36)38-28-34(19-21-42(38)56-25-23-47)29-40(33(4)51)49-45(54)32(3)27-41(44)53/h19-22,28,31-32,35,40,44H,6-18,23-27,29-30,47-48H2,1-5H3,(H,49,54)/t32-,35-,40+,44+/m1/s1. The summed E-state index contributed by atoms with van der Waals surface area (Å²) in [5.74, 6) is -1.63. The highest BCUT2D eigenvalue weighted by molar-refractivity contribution is 5.96. The zero-order valence-corrected chi connectivity index (χ0v) is 35.4. The number of Topliss-reactive ketones (excluding diaryl/α,β-unsaturated/α-hetero) is 3. The molecular formula is C46H70N4O7. The van der Waals surface area contributed by atoms with Gasteiger partial charge in [0, 0.05) is 62.4 Å². The van der Waals surface area contributed by atoms with Gasteiger partial charge in [0.1, 0.15) is 36.5 Å². The van der Waals surface area contributed by atoms with Crippen LogP contribution in [0.5, 0.6) is 11.5 Å². The molecule has 0 aliphatic carbocycles. The number of nitrogens with one attached hydrogen (secondary N) is 1. The summed E-state index contributed by atoms with van der Waals surface area (Å²) in [5, 5.41) is 2.86. The van der Waals surface area contributed by atoms with Gasteiger partial charge in [-0.25, -0.2) is 0 Å². The number of benzene rings is 2. The van der Waals surface area contributed by atoms with Crippen LogP contribution in [-0.4, -0.2) is 73.5 Å². The number of carbonyl (C=O) groups is 5. The zero-order valence-electron chi connectivity index (χ0n) is 35.4. The van der Waals surface area contributed by atoms with Crippen LogP contribution in [0, 0.1) is 11.8 Å². The highest BCUT2D eigenvalue weighted by atomic mass is 16.5. The summed E-state index contributed by atoms with van der Waals surface area (Å²) < 4.78 is 12.2. The van der Waals surface area contributed by atoms with Crippen molar-refractivity contribution in [1.29, 1.82) is 0 Å². The molecule has 11 heteroatoms. The predicted octanol–water partition coefficient (Wildman–Crippen LogP) is 7.44. The van der Waals surface area contributed by atoms with Gasteiger partial charge in [0.05, 0.1) is 6.04 Å². The minimum absolute atomic E-state index is 0.0516. The number of ketones is 3. The van der Waals surface area contributed by atoms with E-state index in [4.69, 9.17) is 20.9 Å². The smallest absolute Gasteiger partial charge is 0.226 e. The minimum atomic E-state index is -1.08. The van der Waals surface area contributed by atoms with E-state index < -0.39 is 29.8 Å². The molecule has 0 saturated carbocycles. The van der Waals surface area contributed by atoms with Crippen LogP contribution in [0.1, 0.15) is 141 Å². The molecule has 0 aromatic heterocycles. The van der Waals surface area contributed by atoms with Gasteiger partial charge < -0.3 is 31.2 Å². The third kappa shape index (κ3) is 15.0. The molecule has 0 unspecified atom stereocenters. The molecule has 0 spiro atoms. The van der Waals surface area contributed by atoms with Gasteiger partial charge in [-0.05, 0) is 61.6 Å². The first-order valence-electron chi connectivity index (χ1n) is 21.5. The Morgan fingerprint density at radius 3 is 1.93 bits per heavy atom.